The van der Waals surface area contributed by atoms with Crippen molar-refractivity contribution in [1.82, 2.24) is 20.6 Å². The van der Waals surface area contributed by atoms with E-state index in [1.54, 1.807) is 43.6 Å². The maximum Gasteiger partial charge on any atom is 0.320 e. The molecule has 0 spiro atoms. The molecule has 0 unspecified atom stereocenters. The monoisotopic (exact) mass is 391 g/mol. The lowest BCUT2D eigenvalue weighted by atomic mass is 10.2. The average Bonchev–Trinajstić information content (AvgIpc) is 2.73. The topological polar surface area (TPSA) is 105 Å². The molecule has 2 aromatic heterocycles. The van der Waals surface area contributed by atoms with E-state index in [1.165, 1.54) is 6.20 Å². The van der Waals surface area contributed by atoms with Crippen molar-refractivity contribution in [3.05, 3.63) is 77.7 Å². The Morgan fingerprint density at radius 3 is 2.45 bits per heavy atom. The summed E-state index contributed by atoms with van der Waals surface area (Å²) in [6.45, 7) is 2.29. The number of aromatic nitrogens is 2. The van der Waals surface area contributed by atoms with Gasteiger partial charge in [-0.15, -0.1) is 0 Å². The summed E-state index contributed by atoms with van der Waals surface area (Å²) in [5, 5.41) is 7.99. The van der Waals surface area contributed by atoms with Gasteiger partial charge < -0.3 is 15.4 Å². The zero-order valence-electron chi connectivity index (χ0n) is 16.1. The van der Waals surface area contributed by atoms with Gasteiger partial charge in [-0.1, -0.05) is 12.1 Å². The molecule has 148 valence electrons. The largest absolute Gasteiger partial charge is 0.457 e. The zero-order valence-corrected chi connectivity index (χ0v) is 16.1. The van der Waals surface area contributed by atoms with Crippen LogP contribution in [0.25, 0.3) is 0 Å². The maximum absolute atomic E-state index is 12.0. The van der Waals surface area contributed by atoms with Gasteiger partial charge in [-0.05, 0) is 48.4 Å². The number of carbonyl (C=O) groups is 2. The fourth-order valence-corrected chi connectivity index (χ4v) is 2.49. The first kappa shape index (κ1) is 19.8. The maximum atomic E-state index is 12.0. The predicted octanol–water partition coefficient (Wildman–Crippen LogP) is 3.26. The van der Waals surface area contributed by atoms with Crippen molar-refractivity contribution in [1.29, 1.82) is 0 Å². The first-order valence-corrected chi connectivity index (χ1v) is 8.96. The molecule has 0 saturated carbocycles. The summed E-state index contributed by atoms with van der Waals surface area (Å²) in [5.74, 6) is 1.33. The lowest BCUT2D eigenvalue weighted by molar-refractivity contribution is 0.0958. The number of nitrogens with zero attached hydrogens (tertiary/aromatic N) is 2. The Hall–Kier alpha value is -3.94. The molecule has 29 heavy (non-hydrogen) atoms. The minimum atomic E-state index is -0.332. The number of hydrogen-bond donors (Lipinski definition) is 3. The highest BCUT2D eigenvalue weighted by atomic mass is 16.5. The first-order chi connectivity index (χ1) is 14.0. The fourth-order valence-electron chi connectivity index (χ4n) is 2.49. The molecule has 0 bridgehead atoms. The third-order valence-corrected chi connectivity index (χ3v) is 3.96. The van der Waals surface area contributed by atoms with Crippen molar-refractivity contribution in [3.8, 4) is 11.5 Å². The Labute approximate surface area is 168 Å². The van der Waals surface area contributed by atoms with E-state index in [1.807, 2.05) is 25.1 Å². The number of nitrogens with one attached hydrogen (secondary N) is 3. The third-order valence-electron chi connectivity index (χ3n) is 3.96. The number of aryl methyl sites for hydroxylation is 1. The van der Waals surface area contributed by atoms with Crippen molar-refractivity contribution in [2.75, 3.05) is 12.4 Å². The Kier molecular flexibility index (Phi) is 6.36. The van der Waals surface area contributed by atoms with Crippen LogP contribution >= 0.6 is 0 Å². The number of pyridine rings is 2. The molecule has 3 aromatic rings. The van der Waals surface area contributed by atoms with E-state index in [0.29, 0.717) is 23.9 Å². The van der Waals surface area contributed by atoms with Crippen LogP contribution in [0.3, 0.4) is 0 Å². The van der Waals surface area contributed by atoms with Crippen LogP contribution in [0.5, 0.6) is 11.5 Å². The smallest absolute Gasteiger partial charge is 0.320 e. The molecular weight excluding hydrogens is 370 g/mol. The summed E-state index contributed by atoms with van der Waals surface area (Å²) < 4.78 is 5.76. The molecule has 3 amide bonds. The summed E-state index contributed by atoms with van der Waals surface area (Å²) in [5.41, 5.74) is 2.20. The molecular formula is C21H21N5O3. The molecule has 8 nitrogen and oxygen atoms in total. The van der Waals surface area contributed by atoms with Crippen LogP contribution in [-0.2, 0) is 6.54 Å². The van der Waals surface area contributed by atoms with Crippen LogP contribution in [-0.4, -0.2) is 29.0 Å². The summed E-state index contributed by atoms with van der Waals surface area (Å²) >= 11 is 0. The van der Waals surface area contributed by atoms with E-state index in [-0.39, 0.29) is 17.6 Å². The van der Waals surface area contributed by atoms with Crippen molar-refractivity contribution in [3.63, 3.8) is 0 Å². The number of benzene rings is 1. The van der Waals surface area contributed by atoms with Crippen molar-refractivity contribution in [2.45, 2.75) is 13.5 Å². The van der Waals surface area contributed by atoms with E-state index in [4.69, 9.17) is 4.74 Å². The van der Waals surface area contributed by atoms with E-state index in [0.717, 1.165) is 11.1 Å². The number of amides is 3. The molecule has 1 aromatic carbocycles. The second kappa shape index (κ2) is 9.32. The first-order valence-electron chi connectivity index (χ1n) is 8.96. The normalized spacial score (nSPS) is 10.1. The van der Waals surface area contributed by atoms with Gasteiger partial charge in [0, 0.05) is 32.1 Å². The van der Waals surface area contributed by atoms with E-state index >= 15 is 0 Å². The summed E-state index contributed by atoms with van der Waals surface area (Å²) in [7, 11) is 1.54. The van der Waals surface area contributed by atoms with Crippen LogP contribution in [0.2, 0.25) is 0 Å². The fraction of sp³-hybridized carbons (Fsp3) is 0.143. The van der Waals surface area contributed by atoms with Gasteiger partial charge in [0.2, 0.25) is 0 Å². The van der Waals surface area contributed by atoms with Gasteiger partial charge in [-0.2, -0.15) is 0 Å². The molecule has 3 N–H and O–H groups in total. The van der Waals surface area contributed by atoms with Crippen LogP contribution in [0.4, 0.5) is 10.6 Å². The lowest BCUT2D eigenvalue weighted by Gasteiger charge is -2.09. The zero-order chi connectivity index (χ0) is 20.6. The molecule has 2 heterocycles. The van der Waals surface area contributed by atoms with Crippen LogP contribution in [0.15, 0.2) is 60.9 Å². The van der Waals surface area contributed by atoms with Crippen LogP contribution in [0, 0.1) is 6.92 Å². The van der Waals surface area contributed by atoms with Gasteiger partial charge in [-0.25, -0.2) is 9.78 Å². The van der Waals surface area contributed by atoms with Gasteiger partial charge in [0.05, 0.1) is 0 Å². The van der Waals surface area contributed by atoms with Crippen molar-refractivity contribution in [2.24, 2.45) is 0 Å². The second-order valence-corrected chi connectivity index (χ2v) is 6.23. The highest BCUT2D eigenvalue weighted by molar-refractivity contribution is 5.92. The minimum absolute atomic E-state index is 0.278. The summed E-state index contributed by atoms with van der Waals surface area (Å²) in [4.78, 5) is 31.7. The standard InChI is InChI=1S/C21H21N5O3/c1-14-7-9-24-19(11-14)26-21(28)25-13-15-3-5-16(6-4-15)29-17-8-10-23-18(12-17)20(27)22-2/h3-12H,13H2,1-2H3,(H,22,27)(H2,24,25,26,28). The molecule has 0 aliphatic rings. The Morgan fingerprint density at radius 1 is 0.966 bits per heavy atom. The highest BCUT2D eigenvalue weighted by Crippen LogP contribution is 2.22. The van der Waals surface area contributed by atoms with E-state index in [2.05, 4.69) is 25.9 Å². The highest BCUT2D eigenvalue weighted by Gasteiger charge is 2.07. The van der Waals surface area contributed by atoms with Crippen molar-refractivity contribution >= 4 is 17.8 Å². The number of ether oxygens (including phenoxy) is 1. The molecule has 0 aliphatic carbocycles. The Bertz CT molecular complexity index is 1010. The number of hydrogen-bond acceptors (Lipinski definition) is 5. The van der Waals surface area contributed by atoms with Gasteiger partial charge in [0.25, 0.3) is 5.91 Å². The Morgan fingerprint density at radius 2 is 1.72 bits per heavy atom. The minimum Gasteiger partial charge on any atom is -0.457 e. The predicted molar refractivity (Wildman–Crippen MR) is 109 cm³/mol. The van der Waals surface area contributed by atoms with Gasteiger partial charge >= 0.3 is 6.03 Å². The van der Waals surface area contributed by atoms with Gasteiger partial charge in [0.1, 0.15) is 23.0 Å². The van der Waals surface area contributed by atoms with Crippen LogP contribution in [0.1, 0.15) is 21.6 Å². The molecule has 0 saturated heterocycles. The van der Waals surface area contributed by atoms with Gasteiger partial charge in [0.15, 0.2) is 0 Å². The Balaban J connectivity index is 1.53. The van der Waals surface area contributed by atoms with Crippen LogP contribution < -0.4 is 20.7 Å². The molecule has 0 fully saturated rings. The molecule has 0 aliphatic heterocycles. The summed E-state index contributed by atoms with van der Waals surface area (Å²) in [6, 6.07) is 13.8. The number of anilines is 1. The SMILES string of the molecule is CNC(=O)c1cc(Oc2ccc(CNC(=O)Nc3cc(C)ccn3)cc2)ccn1. The van der Waals surface area contributed by atoms with E-state index in [9.17, 15) is 9.59 Å². The quantitative estimate of drug-likeness (QED) is 0.598. The van der Waals surface area contributed by atoms with Crippen molar-refractivity contribution < 1.29 is 14.3 Å². The molecule has 0 radical (unpaired) electrons. The number of rotatable bonds is 6. The number of carbonyl (C=O) groups excluding carboxylic acids is 2. The summed E-state index contributed by atoms with van der Waals surface area (Å²) in [6.07, 6.45) is 3.16. The average molecular weight is 391 g/mol. The second-order valence-electron chi connectivity index (χ2n) is 6.23. The number of urea groups is 1. The molecule has 3 rings (SSSR count). The molecule has 0 atom stereocenters. The third kappa shape index (κ3) is 5.77. The van der Waals surface area contributed by atoms with Gasteiger partial charge in [-0.3, -0.25) is 15.1 Å². The lowest BCUT2D eigenvalue weighted by Crippen LogP contribution is -2.28. The molecule has 8 heteroatoms. The van der Waals surface area contributed by atoms with E-state index < -0.39 is 0 Å².